The quantitative estimate of drug-likeness (QED) is 0.595. The molecule has 66 valence electrons. The first kappa shape index (κ1) is 9.10. The van der Waals surface area contributed by atoms with Gasteiger partial charge < -0.3 is 0 Å². The Hall–Kier alpha value is -0.990. The summed E-state index contributed by atoms with van der Waals surface area (Å²) < 4.78 is 11.8. The molecular formula is C9H13FN2. The molecule has 12 heavy (non-hydrogen) atoms. The van der Waals surface area contributed by atoms with Gasteiger partial charge in [-0.05, 0) is 0 Å². The SMILES string of the molecule is C1CCCC1.Fc1cncnc1. The fourth-order valence-electron chi connectivity index (χ4n) is 1.16. The molecule has 0 N–H and O–H groups in total. The second-order valence-electron chi connectivity index (χ2n) is 2.82. The molecule has 0 bridgehead atoms. The maximum absolute atomic E-state index is 11.8. The topological polar surface area (TPSA) is 25.8 Å². The zero-order valence-corrected chi connectivity index (χ0v) is 7.04. The van der Waals surface area contributed by atoms with E-state index in [0.29, 0.717) is 0 Å². The van der Waals surface area contributed by atoms with Gasteiger partial charge in [0.25, 0.3) is 0 Å². The number of halogens is 1. The average Bonchev–Trinajstić information content (AvgIpc) is 2.62. The molecular weight excluding hydrogens is 155 g/mol. The largest absolute Gasteiger partial charge is 0.242 e. The van der Waals surface area contributed by atoms with Crippen molar-refractivity contribution >= 4 is 0 Å². The lowest BCUT2D eigenvalue weighted by Gasteiger charge is -1.77. The van der Waals surface area contributed by atoms with Gasteiger partial charge in [-0.25, -0.2) is 14.4 Å². The first-order valence-electron chi connectivity index (χ1n) is 4.30. The average molecular weight is 168 g/mol. The summed E-state index contributed by atoms with van der Waals surface area (Å²) >= 11 is 0. The maximum Gasteiger partial charge on any atom is 0.159 e. The highest BCUT2D eigenvalue weighted by Gasteiger charge is 1.95. The molecule has 2 rings (SSSR count). The van der Waals surface area contributed by atoms with E-state index in [0.717, 1.165) is 12.4 Å². The van der Waals surface area contributed by atoms with E-state index in [1.54, 1.807) is 0 Å². The molecule has 1 saturated carbocycles. The van der Waals surface area contributed by atoms with Gasteiger partial charge in [0.05, 0.1) is 12.4 Å². The van der Waals surface area contributed by atoms with E-state index >= 15 is 0 Å². The molecule has 0 unspecified atom stereocenters. The van der Waals surface area contributed by atoms with Crippen molar-refractivity contribution in [3.8, 4) is 0 Å². The molecule has 0 amide bonds. The monoisotopic (exact) mass is 168 g/mol. The third kappa shape index (κ3) is 4.01. The zero-order chi connectivity index (χ0) is 8.65. The highest BCUT2D eigenvalue weighted by atomic mass is 19.1. The van der Waals surface area contributed by atoms with Crippen molar-refractivity contribution in [2.24, 2.45) is 0 Å². The lowest BCUT2D eigenvalue weighted by Crippen LogP contribution is -1.76. The highest BCUT2D eigenvalue weighted by molar-refractivity contribution is 4.80. The fraction of sp³-hybridized carbons (Fsp3) is 0.556. The van der Waals surface area contributed by atoms with Gasteiger partial charge in [-0.3, -0.25) is 0 Å². The van der Waals surface area contributed by atoms with Crippen molar-refractivity contribution in [2.75, 3.05) is 0 Å². The Bertz CT molecular complexity index is 189. The minimum atomic E-state index is -0.400. The van der Waals surface area contributed by atoms with Gasteiger partial charge in [0, 0.05) is 0 Å². The van der Waals surface area contributed by atoms with E-state index in [9.17, 15) is 4.39 Å². The van der Waals surface area contributed by atoms with Crippen molar-refractivity contribution in [3.05, 3.63) is 24.5 Å². The van der Waals surface area contributed by atoms with E-state index in [2.05, 4.69) is 9.97 Å². The summed E-state index contributed by atoms with van der Waals surface area (Å²) in [6, 6.07) is 0. The molecule has 0 aromatic carbocycles. The summed E-state index contributed by atoms with van der Waals surface area (Å²) in [7, 11) is 0. The minimum absolute atomic E-state index is 0.400. The molecule has 0 atom stereocenters. The molecule has 1 aliphatic carbocycles. The van der Waals surface area contributed by atoms with Crippen molar-refractivity contribution in [1.82, 2.24) is 9.97 Å². The van der Waals surface area contributed by atoms with E-state index < -0.39 is 5.82 Å². The van der Waals surface area contributed by atoms with Crippen LogP contribution >= 0.6 is 0 Å². The van der Waals surface area contributed by atoms with Gasteiger partial charge in [0.2, 0.25) is 0 Å². The molecule has 0 saturated heterocycles. The predicted octanol–water partition coefficient (Wildman–Crippen LogP) is 2.57. The van der Waals surface area contributed by atoms with Crippen LogP contribution in [0.25, 0.3) is 0 Å². The molecule has 1 aromatic heterocycles. The van der Waals surface area contributed by atoms with Crippen molar-refractivity contribution in [3.63, 3.8) is 0 Å². The maximum atomic E-state index is 11.8. The second-order valence-corrected chi connectivity index (χ2v) is 2.82. The van der Waals surface area contributed by atoms with E-state index in [-0.39, 0.29) is 0 Å². The van der Waals surface area contributed by atoms with Crippen LogP contribution in [0.4, 0.5) is 4.39 Å². The zero-order valence-electron chi connectivity index (χ0n) is 7.04. The van der Waals surface area contributed by atoms with Crippen LogP contribution in [0, 0.1) is 5.82 Å². The Labute approximate surface area is 71.9 Å². The van der Waals surface area contributed by atoms with Gasteiger partial charge in [0.1, 0.15) is 6.33 Å². The third-order valence-electron chi connectivity index (χ3n) is 1.78. The smallest absolute Gasteiger partial charge is 0.159 e. The number of nitrogens with zero attached hydrogens (tertiary/aromatic N) is 2. The molecule has 1 aromatic rings. The molecule has 1 fully saturated rings. The standard InChI is InChI=1S/C5H10.C4H3FN2/c1-2-4-5-3-1;5-4-1-6-3-7-2-4/h1-5H2;1-3H. The minimum Gasteiger partial charge on any atom is -0.242 e. The molecule has 0 spiro atoms. The van der Waals surface area contributed by atoms with E-state index in [4.69, 9.17) is 0 Å². The highest BCUT2D eigenvalue weighted by Crippen LogP contribution is 2.15. The van der Waals surface area contributed by atoms with Gasteiger partial charge in [-0.15, -0.1) is 0 Å². The van der Waals surface area contributed by atoms with Gasteiger partial charge in [-0.1, -0.05) is 32.1 Å². The van der Waals surface area contributed by atoms with Crippen LogP contribution in [0.3, 0.4) is 0 Å². The predicted molar refractivity (Wildman–Crippen MR) is 45.1 cm³/mol. The molecule has 1 aliphatic rings. The number of hydrogen-bond donors (Lipinski definition) is 0. The summed E-state index contributed by atoms with van der Waals surface area (Å²) in [5, 5.41) is 0. The number of aromatic nitrogens is 2. The summed E-state index contributed by atoms with van der Waals surface area (Å²) in [6.07, 6.45) is 11.0. The van der Waals surface area contributed by atoms with Crippen molar-refractivity contribution in [1.29, 1.82) is 0 Å². The van der Waals surface area contributed by atoms with Gasteiger partial charge in [0.15, 0.2) is 5.82 Å². The molecule has 0 aliphatic heterocycles. The third-order valence-corrected chi connectivity index (χ3v) is 1.78. The summed E-state index contributed by atoms with van der Waals surface area (Å²) in [5.41, 5.74) is 0. The molecule has 2 nitrogen and oxygen atoms in total. The fourth-order valence-corrected chi connectivity index (χ4v) is 1.16. The van der Waals surface area contributed by atoms with Gasteiger partial charge in [-0.2, -0.15) is 0 Å². The Balaban J connectivity index is 0.000000127. The molecule has 3 heteroatoms. The van der Waals surface area contributed by atoms with Crippen LogP contribution in [0.15, 0.2) is 18.7 Å². The van der Waals surface area contributed by atoms with E-state index in [1.807, 2.05) is 0 Å². The summed E-state index contributed by atoms with van der Waals surface area (Å²) in [4.78, 5) is 6.80. The molecule has 0 radical (unpaired) electrons. The number of rotatable bonds is 0. The van der Waals surface area contributed by atoms with Crippen molar-refractivity contribution < 1.29 is 4.39 Å². The summed E-state index contributed by atoms with van der Waals surface area (Å²) in [6.45, 7) is 0. The first-order valence-corrected chi connectivity index (χ1v) is 4.30. The van der Waals surface area contributed by atoms with Crippen LogP contribution < -0.4 is 0 Å². The Morgan fingerprint density at radius 3 is 1.58 bits per heavy atom. The van der Waals surface area contributed by atoms with Crippen LogP contribution in [-0.2, 0) is 0 Å². The second kappa shape index (κ2) is 5.63. The van der Waals surface area contributed by atoms with Crippen LogP contribution in [-0.4, -0.2) is 9.97 Å². The lowest BCUT2D eigenvalue weighted by molar-refractivity contribution is 0.613. The van der Waals surface area contributed by atoms with Crippen LogP contribution in [0.2, 0.25) is 0 Å². The first-order chi connectivity index (χ1) is 5.89. The number of hydrogen-bond acceptors (Lipinski definition) is 2. The van der Waals surface area contributed by atoms with Crippen LogP contribution in [0.5, 0.6) is 0 Å². The lowest BCUT2D eigenvalue weighted by atomic mass is 10.4. The Morgan fingerprint density at radius 1 is 0.917 bits per heavy atom. The summed E-state index contributed by atoms with van der Waals surface area (Å²) in [5.74, 6) is -0.400. The Kier molecular flexibility index (Phi) is 4.27. The molecule has 1 heterocycles. The van der Waals surface area contributed by atoms with E-state index in [1.165, 1.54) is 38.4 Å². The van der Waals surface area contributed by atoms with Crippen molar-refractivity contribution in [2.45, 2.75) is 32.1 Å². The Morgan fingerprint density at radius 2 is 1.33 bits per heavy atom. The van der Waals surface area contributed by atoms with Gasteiger partial charge >= 0.3 is 0 Å². The normalized spacial score (nSPS) is 15.1. The van der Waals surface area contributed by atoms with Crippen LogP contribution in [0.1, 0.15) is 32.1 Å².